The molecule has 0 aromatic carbocycles. The molecule has 0 bridgehead atoms. The summed E-state index contributed by atoms with van der Waals surface area (Å²) in [5.74, 6) is -0.0295. The summed E-state index contributed by atoms with van der Waals surface area (Å²) in [6.45, 7) is 2.71. The Morgan fingerprint density at radius 1 is 1.33 bits per heavy atom. The zero-order chi connectivity index (χ0) is 8.53. The van der Waals surface area contributed by atoms with Gasteiger partial charge in [0.1, 0.15) is 0 Å². The number of unbranched alkanes of at least 4 members (excludes halogenated alkanes) is 3. The number of rotatable bonds is 6. The summed E-state index contributed by atoms with van der Waals surface area (Å²) in [6.07, 6.45) is 4.56. The van der Waals surface area contributed by atoms with Gasteiger partial charge in [0.2, 0.25) is 0 Å². The summed E-state index contributed by atoms with van der Waals surface area (Å²) in [5.41, 5.74) is 0. The number of carbonyl (C=O) groups excluding carboxylic acids is 1. The standard InChI is InChI=1S/C8H16O2S.Sb/c1-2-3-4-5-6-10-8(9)7-11;/h11H,2-7H2,1H3;/q;+5. The Morgan fingerprint density at radius 2 is 2.00 bits per heavy atom. The van der Waals surface area contributed by atoms with Crippen LogP contribution in [0.3, 0.4) is 0 Å². The molecule has 0 aliphatic carbocycles. The number of hydrogen-bond acceptors (Lipinski definition) is 3. The first-order chi connectivity index (χ1) is 5.31. The van der Waals surface area contributed by atoms with Crippen molar-refractivity contribution in [1.29, 1.82) is 0 Å². The van der Waals surface area contributed by atoms with Crippen LogP contribution in [0.1, 0.15) is 32.6 Å². The molecular weight excluding hydrogens is 282 g/mol. The molecule has 0 heterocycles. The largest absolute Gasteiger partial charge is 5.00 e. The maximum Gasteiger partial charge on any atom is 5.00 e. The van der Waals surface area contributed by atoms with Crippen LogP contribution in [-0.4, -0.2) is 42.8 Å². The quantitative estimate of drug-likeness (QED) is 0.349. The van der Waals surface area contributed by atoms with E-state index >= 15 is 0 Å². The van der Waals surface area contributed by atoms with E-state index in [-0.39, 0.29) is 36.2 Å². The van der Waals surface area contributed by atoms with Gasteiger partial charge in [0.25, 0.3) is 0 Å². The Labute approximate surface area is 97.3 Å². The van der Waals surface area contributed by atoms with Gasteiger partial charge < -0.3 is 4.74 Å². The number of thiol groups is 1. The van der Waals surface area contributed by atoms with Gasteiger partial charge in [-0.05, 0) is 6.42 Å². The van der Waals surface area contributed by atoms with Gasteiger partial charge in [0.15, 0.2) is 0 Å². The van der Waals surface area contributed by atoms with E-state index < -0.39 is 0 Å². The minimum Gasteiger partial charge on any atom is -0.465 e. The molecule has 0 saturated heterocycles. The molecule has 12 heavy (non-hydrogen) atoms. The van der Waals surface area contributed by atoms with E-state index in [0.717, 1.165) is 12.8 Å². The van der Waals surface area contributed by atoms with Gasteiger partial charge in [-0.15, -0.1) is 0 Å². The Balaban J connectivity index is 0. The second kappa shape index (κ2) is 11.6. The van der Waals surface area contributed by atoms with Gasteiger partial charge in [0, 0.05) is 0 Å². The zero-order valence-electron chi connectivity index (χ0n) is 7.45. The van der Waals surface area contributed by atoms with Crippen LogP contribution in [0.5, 0.6) is 0 Å². The van der Waals surface area contributed by atoms with Crippen LogP contribution in [0.25, 0.3) is 0 Å². The number of esters is 1. The second-order valence-corrected chi connectivity index (χ2v) is 2.76. The molecule has 0 aromatic heterocycles. The van der Waals surface area contributed by atoms with E-state index in [0.29, 0.717) is 6.61 Å². The van der Waals surface area contributed by atoms with E-state index in [4.69, 9.17) is 4.74 Å². The first kappa shape index (κ1) is 15.1. The predicted octanol–water partition coefficient (Wildman–Crippen LogP) is 1.66. The fourth-order valence-corrected chi connectivity index (χ4v) is 0.852. The molecule has 0 spiro atoms. The summed E-state index contributed by atoms with van der Waals surface area (Å²) in [6, 6.07) is 0. The molecular formula is C8H16O2SSb+5. The molecule has 0 aliphatic rings. The number of ether oxygens (including phenoxy) is 1. The number of hydrogen-bond donors (Lipinski definition) is 1. The van der Waals surface area contributed by atoms with Crippen LogP contribution < -0.4 is 0 Å². The Hall–Kier alpha value is 0.638. The first-order valence-electron chi connectivity index (χ1n) is 4.07. The van der Waals surface area contributed by atoms with E-state index in [2.05, 4.69) is 19.6 Å². The molecule has 2 nitrogen and oxygen atoms in total. The molecule has 0 saturated carbocycles. The molecule has 0 aliphatic heterocycles. The fourth-order valence-electron chi connectivity index (χ4n) is 0.760. The third-order valence-electron chi connectivity index (χ3n) is 1.39. The predicted molar refractivity (Wildman–Crippen MR) is 54.7 cm³/mol. The Kier molecular flexibility index (Phi) is 14.7. The third kappa shape index (κ3) is 10.6. The van der Waals surface area contributed by atoms with Crippen molar-refractivity contribution >= 4 is 43.0 Å². The van der Waals surface area contributed by atoms with Crippen molar-refractivity contribution in [2.45, 2.75) is 32.6 Å². The van der Waals surface area contributed by atoms with E-state index in [1.807, 2.05) is 0 Å². The summed E-state index contributed by atoms with van der Waals surface area (Å²) in [5, 5.41) is 0. The summed E-state index contributed by atoms with van der Waals surface area (Å²) in [4.78, 5) is 10.5. The second-order valence-electron chi connectivity index (χ2n) is 2.44. The van der Waals surface area contributed by atoms with Crippen LogP contribution in [0.4, 0.5) is 0 Å². The van der Waals surface area contributed by atoms with Crippen LogP contribution in [0, 0.1) is 0 Å². The summed E-state index contributed by atoms with van der Waals surface area (Å²) < 4.78 is 4.82. The van der Waals surface area contributed by atoms with Gasteiger partial charge in [-0.25, -0.2) is 0 Å². The molecule has 0 N–H and O–H groups in total. The average molecular weight is 298 g/mol. The van der Waals surface area contributed by atoms with Crippen LogP contribution in [-0.2, 0) is 9.53 Å². The normalized spacial score (nSPS) is 8.83. The van der Waals surface area contributed by atoms with Crippen LogP contribution in [0.15, 0.2) is 0 Å². The minimum absolute atomic E-state index is 0. The van der Waals surface area contributed by atoms with Crippen LogP contribution >= 0.6 is 12.6 Å². The minimum atomic E-state index is -0.218. The van der Waals surface area contributed by atoms with Crippen molar-refractivity contribution in [3.05, 3.63) is 0 Å². The summed E-state index contributed by atoms with van der Waals surface area (Å²) in [7, 11) is 0. The smallest absolute Gasteiger partial charge is 0.465 e. The molecule has 0 atom stereocenters. The molecule has 0 unspecified atom stereocenters. The SMILES string of the molecule is CCCCCCOC(=O)CS.[Sb+5]. The van der Waals surface area contributed by atoms with Gasteiger partial charge >= 0.3 is 30.4 Å². The monoisotopic (exact) mass is 297 g/mol. The summed E-state index contributed by atoms with van der Waals surface area (Å²) >= 11 is 3.78. The van der Waals surface area contributed by atoms with Gasteiger partial charge in [-0.3, -0.25) is 4.79 Å². The maximum atomic E-state index is 10.5. The first-order valence-corrected chi connectivity index (χ1v) is 4.71. The van der Waals surface area contributed by atoms with Crippen molar-refractivity contribution in [3.8, 4) is 0 Å². The molecule has 0 rings (SSSR count). The van der Waals surface area contributed by atoms with Crippen LogP contribution in [0.2, 0.25) is 0 Å². The van der Waals surface area contributed by atoms with E-state index in [1.54, 1.807) is 0 Å². The molecule has 4 heteroatoms. The van der Waals surface area contributed by atoms with Crippen molar-refractivity contribution in [1.82, 2.24) is 0 Å². The molecule has 0 radical (unpaired) electrons. The van der Waals surface area contributed by atoms with E-state index in [9.17, 15) is 4.79 Å². The topological polar surface area (TPSA) is 26.3 Å². The zero-order valence-corrected chi connectivity index (χ0v) is 10.9. The Morgan fingerprint density at radius 3 is 2.50 bits per heavy atom. The third-order valence-corrected chi connectivity index (χ3v) is 1.65. The van der Waals surface area contributed by atoms with Crippen molar-refractivity contribution in [2.75, 3.05) is 12.4 Å². The molecule has 0 aromatic rings. The molecule has 0 fully saturated rings. The van der Waals surface area contributed by atoms with Gasteiger partial charge in [-0.1, -0.05) is 26.2 Å². The fraction of sp³-hybridized carbons (Fsp3) is 0.875. The number of carbonyl (C=O) groups is 1. The van der Waals surface area contributed by atoms with Crippen molar-refractivity contribution < 1.29 is 9.53 Å². The van der Waals surface area contributed by atoms with E-state index in [1.165, 1.54) is 12.8 Å². The molecule has 66 valence electrons. The maximum absolute atomic E-state index is 10.5. The van der Waals surface area contributed by atoms with Gasteiger partial charge in [0.05, 0.1) is 12.4 Å². The average Bonchev–Trinajstić information content (AvgIpc) is 2.04. The van der Waals surface area contributed by atoms with Crippen molar-refractivity contribution in [3.63, 3.8) is 0 Å². The Bertz CT molecular complexity index is 109. The molecule has 0 amide bonds. The van der Waals surface area contributed by atoms with Crippen molar-refractivity contribution in [2.24, 2.45) is 0 Å². The van der Waals surface area contributed by atoms with Gasteiger partial charge in [-0.2, -0.15) is 12.6 Å².